The van der Waals surface area contributed by atoms with Gasteiger partial charge in [0.1, 0.15) is 6.33 Å². The Balaban J connectivity index is 1.71. The Bertz CT molecular complexity index is 685. The molecule has 2 aromatic carbocycles. The van der Waals surface area contributed by atoms with Gasteiger partial charge in [-0.2, -0.15) is 0 Å². The average Bonchev–Trinajstić information content (AvgIpc) is 3.03. The quantitative estimate of drug-likeness (QED) is 0.735. The Kier molecular flexibility index (Phi) is 4.33. The molecule has 0 spiro atoms. The zero-order valence-electron chi connectivity index (χ0n) is 11.3. The Morgan fingerprint density at radius 1 is 1.00 bits per heavy atom. The van der Waals surface area contributed by atoms with Crippen molar-refractivity contribution in [3.63, 3.8) is 0 Å². The third-order valence-electron chi connectivity index (χ3n) is 3.11. The van der Waals surface area contributed by atoms with Gasteiger partial charge >= 0.3 is 0 Å². The standard InChI is InChI=1S/C16H15N3OS/c20-15(13-7-3-1-4-8-13)11-21-16-18-17-12-19(16)14-9-5-2-6-10-14/h1-10,12,15,20H,11H2. The SMILES string of the molecule is OC(CSc1nncn1-c1ccccc1)c1ccccc1. The Labute approximate surface area is 127 Å². The van der Waals surface area contributed by atoms with Crippen molar-refractivity contribution in [2.75, 3.05) is 5.75 Å². The van der Waals surface area contributed by atoms with Gasteiger partial charge in [0.05, 0.1) is 6.10 Å². The first-order valence-electron chi connectivity index (χ1n) is 6.66. The van der Waals surface area contributed by atoms with E-state index in [0.717, 1.165) is 16.4 Å². The minimum Gasteiger partial charge on any atom is -0.388 e. The van der Waals surface area contributed by atoms with Crippen LogP contribution in [-0.4, -0.2) is 25.6 Å². The third-order valence-corrected chi connectivity index (χ3v) is 4.12. The molecule has 0 aliphatic carbocycles. The molecule has 0 saturated carbocycles. The Hall–Kier alpha value is -2.11. The second-order valence-corrected chi connectivity index (χ2v) is 5.54. The van der Waals surface area contributed by atoms with Gasteiger partial charge in [-0.3, -0.25) is 4.57 Å². The maximum absolute atomic E-state index is 10.2. The molecule has 0 aliphatic heterocycles. The normalized spacial score (nSPS) is 12.2. The summed E-state index contributed by atoms with van der Waals surface area (Å²) in [4.78, 5) is 0. The highest BCUT2D eigenvalue weighted by Crippen LogP contribution is 2.24. The number of hydrogen-bond acceptors (Lipinski definition) is 4. The molecule has 0 saturated heterocycles. The molecule has 1 heterocycles. The van der Waals surface area contributed by atoms with Gasteiger partial charge in [0, 0.05) is 11.4 Å². The summed E-state index contributed by atoms with van der Waals surface area (Å²) in [6.45, 7) is 0. The fraction of sp³-hybridized carbons (Fsp3) is 0.125. The summed E-state index contributed by atoms with van der Waals surface area (Å²) in [5, 5.41) is 19.1. The van der Waals surface area contributed by atoms with E-state index in [9.17, 15) is 5.11 Å². The van der Waals surface area contributed by atoms with Crippen LogP contribution in [0.2, 0.25) is 0 Å². The van der Waals surface area contributed by atoms with Gasteiger partial charge < -0.3 is 5.11 Å². The van der Waals surface area contributed by atoms with Crippen LogP contribution in [0.1, 0.15) is 11.7 Å². The van der Waals surface area contributed by atoms with E-state index in [2.05, 4.69) is 10.2 Å². The molecule has 3 aromatic rings. The van der Waals surface area contributed by atoms with E-state index in [1.807, 2.05) is 65.2 Å². The molecule has 0 aliphatic rings. The minimum absolute atomic E-state index is 0.517. The fourth-order valence-corrected chi connectivity index (χ4v) is 2.91. The molecule has 1 unspecified atom stereocenters. The smallest absolute Gasteiger partial charge is 0.195 e. The average molecular weight is 297 g/mol. The summed E-state index contributed by atoms with van der Waals surface area (Å²) in [5.74, 6) is 0.537. The second kappa shape index (κ2) is 6.56. The zero-order chi connectivity index (χ0) is 14.5. The second-order valence-electron chi connectivity index (χ2n) is 4.56. The van der Waals surface area contributed by atoms with Crippen molar-refractivity contribution in [3.05, 3.63) is 72.6 Å². The largest absolute Gasteiger partial charge is 0.388 e. The summed E-state index contributed by atoms with van der Waals surface area (Å²) in [5.41, 5.74) is 1.93. The lowest BCUT2D eigenvalue weighted by molar-refractivity contribution is 0.204. The third kappa shape index (κ3) is 3.32. The molecule has 5 heteroatoms. The van der Waals surface area contributed by atoms with Gasteiger partial charge in [0.25, 0.3) is 0 Å². The van der Waals surface area contributed by atoms with E-state index < -0.39 is 6.10 Å². The van der Waals surface area contributed by atoms with Gasteiger partial charge in [-0.1, -0.05) is 60.3 Å². The highest BCUT2D eigenvalue weighted by molar-refractivity contribution is 7.99. The van der Waals surface area contributed by atoms with Crippen LogP contribution in [0.3, 0.4) is 0 Å². The number of rotatable bonds is 5. The summed E-state index contributed by atoms with van der Waals surface area (Å²) < 4.78 is 1.92. The highest BCUT2D eigenvalue weighted by atomic mass is 32.2. The van der Waals surface area contributed by atoms with Crippen molar-refractivity contribution in [2.45, 2.75) is 11.3 Å². The van der Waals surface area contributed by atoms with Crippen LogP contribution in [0.25, 0.3) is 5.69 Å². The number of aliphatic hydroxyl groups excluding tert-OH is 1. The summed E-state index contributed by atoms with van der Waals surface area (Å²) in [7, 11) is 0. The summed E-state index contributed by atoms with van der Waals surface area (Å²) in [6.07, 6.45) is 1.17. The molecule has 4 nitrogen and oxygen atoms in total. The number of benzene rings is 2. The van der Waals surface area contributed by atoms with Crippen LogP contribution in [-0.2, 0) is 0 Å². The van der Waals surface area contributed by atoms with Crippen LogP contribution in [0.15, 0.2) is 72.1 Å². The molecule has 0 fully saturated rings. The van der Waals surface area contributed by atoms with Gasteiger partial charge in [0.15, 0.2) is 5.16 Å². The maximum atomic E-state index is 10.2. The lowest BCUT2D eigenvalue weighted by Crippen LogP contribution is -2.02. The van der Waals surface area contributed by atoms with Crippen LogP contribution in [0.4, 0.5) is 0 Å². The zero-order valence-corrected chi connectivity index (χ0v) is 12.1. The van der Waals surface area contributed by atoms with Crippen molar-refractivity contribution in [3.8, 4) is 5.69 Å². The van der Waals surface area contributed by atoms with E-state index in [1.165, 1.54) is 11.8 Å². The van der Waals surface area contributed by atoms with Crippen molar-refractivity contribution in [1.29, 1.82) is 0 Å². The molecular weight excluding hydrogens is 282 g/mol. The predicted octanol–water partition coefficient (Wildman–Crippen LogP) is 3.09. The molecule has 1 N–H and O–H groups in total. The summed E-state index contributed by atoms with van der Waals surface area (Å²) >= 11 is 1.49. The topological polar surface area (TPSA) is 50.9 Å². The number of hydrogen-bond donors (Lipinski definition) is 1. The molecule has 0 radical (unpaired) electrons. The van der Waals surface area contributed by atoms with E-state index in [1.54, 1.807) is 6.33 Å². The highest BCUT2D eigenvalue weighted by Gasteiger charge is 2.12. The summed E-state index contributed by atoms with van der Waals surface area (Å²) in [6, 6.07) is 19.6. The molecule has 0 bridgehead atoms. The van der Waals surface area contributed by atoms with Crippen molar-refractivity contribution < 1.29 is 5.11 Å². The van der Waals surface area contributed by atoms with Gasteiger partial charge in [0.2, 0.25) is 0 Å². The van der Waals surface area contributed by atoms with Crippen LogP contribution in [0, 0.1) is 0 Å². The molecule has 3 rings (SSSR count). The number of aromatic nitrogens is 3. The lowest BCUT2D eigenvalue weighted by Gasteiger charge is -2.11. The van der Waals surface area contributed by atoms with Gasteiger partial charge in [-0.05, 0) is 17.7 Å². The van der Waals surface area contributed by atoms with Crippen molar-refractivity contribution in [1.82, 2.24) is 14.8 Å². The minimum atomic E-state index is -0.517. The molecular formula is C16H15N3OS. The van der Waals surface area contributed by atoms with Crippen LogP contribution < -0.4 is 0 Å². The van der Waals surface area contributed by atoms with Crippen molar-refractivity contribution >= 4 is 11.8 Å². The molecule has 1 atom stereocenters. The Morgan fingerprint density at radius 3 is 2.38 bits per heavy atom. The first-order valence-corrected chi connectivity index (χ1v) is 7.64. The molecule has 106 valence electrons. The monoisotopic (exact) mass is 297 g/mol. The van der Waals surface area contributed by atoms with E-state index >= 15 is 0 Å². The molecule has 0 amide bonds. The number of aliphatic hydroxyl groups is 1. The van der Waals surface area contributed by atoms with Crippen LogP contribution in [0.5, 0.6) is 0 Å². The van der Waals surface area contributed by atoms with Crippen molar-refractivity contribution in [2.24, 2.45) is 0 Å². The van der Waals surface area contributed by atoms with Gasteiger partial charge in [-0.25, -0.2) is 0 Å². The number of para-hydroxylation sites is 1. The van der Waals surface area contributed by atoms with E-state index in [0.29, 0.717) is 5.75 Å². The van der Waals surface area contributed by atoms with Gasteiger partial charge in [-0.15, -0.1) is 10.2 Å². The molecule has 1 aromatic heterocycles. The van der Waals surface area contributed by atoms with E-state index in [-0.39, 0.29) is 0 Å². The first kappa shape index (κ1) is 13.9. The lowest BCUT2D eigenvalue weighted by atomic mass is 10.1. The fourth-order valence-electron chi connectivity index (χ4n) is 2.01. The Morgan fingerprint density at radius 2 is 1.67 bits per heavy atom. The molecule has 21 heavy (non-hydrogen) atoms. The van der Waals surface area contributed by atoms with E-state index in [4.69, 9.17) is 0 Å². The predicted molar refractivity (Wildman–Crippen MR) is 83.5 cm³/mol. The number of nitrogens with zero attached hydrogens (tertiary/aromatic N) is 3. The van der Waals surface area contributed by atoms with Crippen LogP contribution >= 0.6 is 11.8 Å². The maximum Gasteiger partial charge on any atom is 0.195 e. The first-order chi connectivity index (χ1) is 10.3. The number of thioether (sulfide) groups is 1.